The molecule has 8 heteroatoms. The third-order valence-electron chi connectivity index (χ3n) is 5.79. The summed E-state index contributed by atoms with van der Waals surface area (Å²) < 4.78 is 11.9. The molecular formula is C25H25N3O4S. The van der Waals surface area contributed by atoms with Crippen LogP contribution in [0.15, 0.2) is 52.9 Å². The van der Waals surface area contributed by atoms with Gasteiger partial charge in [0.05, 0.1) is 25.9 Å². The number of methoxy groups -OCH3 is 2. The minimum absolute atomic E-state index is 0.246. The smallest absolute Gasteiger partial charge is 0.263 e. The number of nitrogens with zero attached hydrogens (tertiary/aromatic N) is 2. The summed E-state index contributed by atoms with van der Waals surface area (Å²) >= 11 is 1.42. The van der Waals surface area contributed by atoms with E-state index in [1.807, 2.05) is 24.4 Å². The van der Waals surface area contributed by atoms with Gasteiger partial charge in [-0.1, -0.05) is 18.2 Å². The zero-order chi connectivity index (χ0) is 23.7. The van der Waals surface area contributed by atoms with Gasteiger partial charge in [0.2, 0.25) is 5.91 Å². The average molecular weight is 464 g/mol. The van der Waals surface area contributed by atoms with E-state index in [1.54, 1.807) is 32.2 Å². The second kappa shape index (κ2) is 9.07. The first-order valence-electron chi connectivity index (χ1n) is 10.4. The summed E-state index contributed by atoms with van der Waals surface area (Å²) in [5, 5.41) is 5.31. The van der Waals surface area contributed by atoms with E-state index in [0.29, 0.717) is 27.4 Å². The van der Waals surface area contributed by atoms with Crippen LogP contribution in [0.1, 0.15) is 24.1 Å². The van der Waals surface area contributed by atoms with E-state index in [2.05, 4.69) is 23.3 Å². The zero-order valence-electron chi connectivity index (χ0n) is 19.1. The number of carbonyl (C=O) groups excluding carboxylic acids is 1. The third kappa shape index (κ3) is 4.21. The van der Waals surface area contributed by atoms with Crippen LogP contribution in [0.4, 0.5) is 5.69 Å². The minimum atomic E-state index is -0.769. The van der Waals surface area contributed by atoms with Gasteiger partial charge >= 0.3 is 0 Å². The maximum atomic E-state index is 13.4. The molecule has 0 saturated heterocycles. The molecule has 1 atom stereocenters. The van der Waals surface area contributed by atoms with Crippen LogP contribution < -0.4 is 20.3 Å². The van der Waals surface area contributed by atoms with Gasteiger partial charge in [-0.05, 0) is 49.6 Å². The SMILES string of the molecule is COc1ccc(NC(=O)C(C)n2cnc3scc(-c4ccc(C)c(C)c4)c3c2=O)cc1OC. The predicted octanol–water partition coefficient (Wildman–Crippen LogP) is 4.96. The van der Waals surface area contributed by atoms with E-state index in [0.717, 1.165) is 16.7 Å². The van der Waals surface area contributed by atoms with E-state index in [1.165, 1.54) is 34.9 Å². The van der Waals surface area contributed by atoms with Crippen LogP contribution in [0.2, 0.25) is 0 Å². The van der Waals surface area contributed by atoms with Crippen molar-refractivity contribution in [2.75, 3.05) is 19.5 Å². The highest BCUT2D eigenvalue weighted by atomic mass is 32.1. The molecule has 0 saturated carbocycles. The van der Waals surface area contributed by atoms with Gasteiger partial charge in [0.15, 0.2) is 11.5 Å². The first-order valence-corrected chi connectivity index (χ1v) is 11.3. The Labute approximate surface area is 195 Å². The van der Waals surface area contributed by atoms with Gasteiger partial charge in [0.25, 0.3) is 5.56 Å². The number of hydrogen-bond acceptors (Lipinski definition) is 6. The maximum Gasteiger partial charge on any atom is 0.263 e. The average Bonchev–Trinajstić information content (AvgIpc) is 3.25. The fraction of sp³-hybridized carbons (Fsp3) is 0.240. The summed E-state index contributed by atoms with van der Waals surface area (Å²) in [6.07, 6.45) is 1.43. The summed E-state index contributed by atoms with van der Waals surface area (Å²) in [5.41, 5.74) is 4.43. The number of anilines is 1. The number of amides is 1. The van der Waals surface area contributed by atoms with Crippen molar-refractivity contribution in [1.29, 1.82) is 0 Å². The lowest BCUT2D eigenvalue weighted by molar-refractivity contribution is -0.118. The summed E-state index contributed by atoms with van der Waals surface area (Å²) in [4.78, 5) is 31.5. The molecule has 0 aliphatic heterocycles. The van der Waals surface area contributed by atoms with E-state index in [-0.39, 0.29) is 11.5 Å². The maximum absolute atomic E-state index is 13.4. The van der Waals surface area contributed by atoms with Gasteiger partial charge in [0, 0.05) is 22.7 Å². The fourth-order valence-electron chi connectivity index (χ4n) is 3.63. The molecule has 0 aliphatic rings. The largest absolute Gasteiger partial charge is 0.493 e. The zero-order valence-corrected chi connectivity index (χ0v) is 19.9. The van der Waals surface area contributed by atoms with Crippen molar-refractivity contribution in [3.8, 4) is 22.6 Å². The molecule has 0 spiro atoms. The van der Waals surface area contributed by atoms with Crippen molar-refractivity contribution in [2.45, 2.75) is 26.8 Å². The molecule has 1 unspecified atom stereocenters. The number of carbonyl (C=O) groups is 1. The van der Waals surface area contributed by atoms with Crippen LogP contribution in [0.5, 0.6) is 11.5 Å². The monoisotopic (exact) mass is 463 g/mol. The Morgan fingerprint density at radius 2 is 1.82 bits per heavy atom. The molecule has 0 fully saturated rings. The molecule has 1 amide bonds. The molecule has 2 aromatic carbocycles. The Morgan fingerprint density at radius 1 is 1.06 bits per heavy atom. The number of aromatic nitrogens is 2. The third-order valence-corrected chi connectivity index (χ3v) is 6.67. The Hall–Kier alpha value is -3.65. The number of aryl methyl sites for hydroxylation is 2. The van der Waals surface area contributed by atoms with Gasteiger partial charge in [0.1, 0.15) is 10.9 Å². The lowest BCUT2D eigenvalue weighted by atomic mass is 10.0. The Balaban J connectivity index is 1.68. The van der Waals surface area contributed by atoms with Crippen LogP contribution in [0.25, 0.3) is 21.3 Å². The molecule has 2 heterocycles. The Bertz CT molecular complexity index is 1410. The molecule has 2 aromatic heterocycles. The molecule has 33 heavy (non-hydrogen) atoms. The van der Waals surface area contributed by atoms with Crippen LogP contribution in [-0.4, -0.2) is 29.7 Å². The number of thiophene rings is 1. The lowest BCUT2D eigenvalue weighted by Gasteiger charge is -2.16. The molecule has 0 aliphatic carbocycles. The first kappa shape index (κ1) is 22.5. The Kier molecular flexibility index (Phi) is 6.20. The molecule has 170 valence electrons. The highest BCUT2D eigenvalue weighted by Gasteiger charge is 2.21. The van der Waals surface area contributed by atoms with Crippen molar-refractivity contribution in [3.63, 3.8) is 0 Å². The number of hydrogen-bond donors (Lipinski definition) is 1. The van der Waals surface area contributed by atoms with Gasteiger partial charge < -0.3 is 14.8 Å². The van der Waals surface area contributed by atoms with E-state index in [4.69, 9.17) is 9.47 Å². The van der Waals surface area contributed by atoms with Crippen molar-refractivity contribution >= 4 is 33.1 Å². The standard InChI is InChI=1S/C25H25N3O4S/c1-14-6-7-17(10-15(14)2)19-12-33-24-22(19)25(30)28(13-26-24)16(3)23(29)27-18-8-9-20(31-4)21(11-18)32-5/h6-13,16H,1-5H3,(H,27,29). The topological polar surface area (TPSA) is 82.5 Å². The van der Waals surface area contributed by atoms with Crippen molar-refractivity contribution in [3.05, 3.63) is 69.6 Å². The quantitative estimate of drug-likeness (QED) is 0.437. The minimum Gasteiger partial charge on any atom is -0.493 e. The number of fused-ring (bicyclic) bond motifs is 1. The summed E-state index contributed by atoms with van der Waals surface area (Å²) in [7, 11) is 3.07. The van der Waals surface area contributed by atoms with Gasteiger partial charge in [-0.15, -0.1) is 11.3 Å². The normalized spacial score (nSPS) is 11.9. The second-order valence-electron chi connectivity index (χ2n) is 7.82. The molecule has 0 bridgehead atoms. The molecule has 7 nitrogen and oxygen atoms in total. The second-order valence-corrected chi connectivity index (χ2v) is 8.68. The highest BCUT2D eigenvalue weighted by Crippen LogP contribution is 2.32. The number of ether oxygens (including phenoxy) is 2. The fourth-order valence-corrected chi connectivity index (χ4v) is 4.54. The molecule has 1 N–H and O–H groups in total. The van der Waals surface area contributed by atoms with E-state index < -0.39 is 6.04 Å². The summed E-state index contributed by atoms with van der Waals surface area (Å²) in [6.45, 7) is 5.77. The molecule has 0 radical (unpaired) electrons. The Morgan fingerprint density at radius 3 is 2.52 bits per heavy atom. The van der Waals surface area contributed by atoms with Crippen molar-refractivity contribution in [1.82, 2.24) is 9.55 Å². The summed E-state index contributed by atoms with van der Waals surface area (Å²) in [6, 6.07) is 10.4. The van der Waals surface area contributed by atoms with Crippen LogP contribution in [-0.2, 0) is 4.79 Å². The molecule has 4 rings (SSSR count). The number of rotatable bonds is 6. The van der Waals surface area contributed by atoms with Crippen LogP contribution >= 0.6 is 11.3 Å². The van der Waals surface area contributed by atoms with Crippen LogP contribution in [0, 0.1) is 13.8 Å². The van der Waals surface area contributed by atoms with E-state index in [9.17, 15) is 9.59 Å². The molecule has 4 aromatic rings. The first-order chi connectivity index (χ1) is 15.8. The highest BCUT2D eigenvalue weighted by molar-refractivity contribution is 7.17. The van der Waals surface area contributed by atoms with Crippen molar-refractivity contribution in [2.24, 2.45) is 0 Å². The summed E-state index contributed by atoms with van der Waals surface area (Å²) in [5.74, 6) is 0.721. The lowest BCUT2D eigenvalue weighted by Crippen LogP contribution is -2.31. The van der Waals surface area contributed by atoms with Gasteiger partial charge in [-0.2, -0.15) is 0 Å². The van der Waals surface area contributed by atoms with Gasteiger partial charge in [-0.3, -0.25) is 14.2 Å². The van der Waals surface area contributed by atoms with E-state index >= 15 is 0 Å². The van der Waals surface area contributed by atoms with Crippen LogP contribution in [0.3, 0.4) is 0 Å². The number of benzene rings is 2. The predicted molar refractivity (Wildman–Crippen MR) is 132 cm³/mol. The van der Waals surface area contributed by atoms with Gasteiger partial charge in [-0.25, -0.2) is 4.98 Å². The number of nitrogens with one attached hydrogen (secondary N) is 1. The van der Waals surface area contributed by atoms with Crippen molar-refractivity contribution < 1.29 is 14.3 Å². The molecular weight excluding hydrogens is 438 g/mol.